The molecule has 0 spiro atoms. The van der Waals surface area contributed by atoms with E-state index >= 15 is 0 Å². The van der Waals surface area contributed by atoms with Crippen LogP contribution in [0.2, 0.25) is 0 Å². The lowest BCUT2D eigenvalue weighted by molar-refractivity contribution is -0.384. The molecule has 1 aromatic carbocycles. The first-order valence-corrected chi connectivity index (χ1v) is 10.4. The molecule has 1 fully saturated rings. The molecule has 10 nitrogen and oxygen atoms in total. The van der Waals surface area contributed by atoms with Crippen molar-refractivity contribution in [3.05, 3.63) is 28.3 Å². The minimum absolute atomic E-state index is 0.0863. The fraction of sp³-hybridized carbons (Fsp3) is 0.529. The van der Waals surface area contributed by atoms with Crippen LogP contribution in [-0.2, 0) is 14.6 Å². The van der Waals surface area contributed by atoms with E-state index in [1.54, 1.807) is 20.8 Å². The zero-order valence-corrected chi connectivity index (χ0v) is 16.6. The van der Waals surface area contributed by atoms with Crippen LogP contribution in [0.1, 0.15) is 33.6 Å². The standard InChI is InChI=1S/C17H21N3O7S/c1-17(2,3)27-16(21)19-8-4-5-12(19)10-28(24,25)15-18-13-9-11(20(22)23)6-7-14(13)26-15/h6-7,9,12H,4-5,8,10H2,1-3H3/t12-/m1/s1. The summed E-state index contributed by atoms with van der Waals surface area (Å²) in [6.45, 7) is 5.63. The number of hydrogen-bond donors (Lipinski definition) is 0. The third kappa shape index (κ3) is 4.24. The summed E-state index contributed by atoms with van der Waals surface area (Å²) in [5.74, 6) is -0.360. The van der Waals surface area contributed by atoms with Crippen LogP contribution in [-0.4, -0.2) is 53.3 Å². The number of amides is 1. The van der Waals surface area contributed by atoms with Crippen LogP contribution in [0.4, 0.5) is 10.5 Å². The maximum absolute atomic E-state index is 12.8. The molecule has 0 N–H and O–H groups in total. The summed E-state index contributed by atoms with van der Waals surface area (Å²) in [4.78, 5) is 27.9. The Balaban J connectivity index is 1.82. The zero-order valence-electron chi connectivity index (χ0n) is 15.7. The number of carbonyl (C=O) groups excluding carboxylic acids is 1. The number of nitrogens with zero attached hydrogens (tertiary/aromatic N) is 3. The van der Waals surface area contributed by atoms with Gasteiger partial charge in [0, 0.05) is 24.7 Å². The summed E-state index contributed by atoms with van der Waals surface area (Å²) in [5, 5.41) is 10.3. The average Bonchev–Trinajstić information content (AvgIpc) is 3.18. The fourth-order valence-corrected chi connectivity index (χ4v) is 4.49. The number of benzene rings is 1. The Morgan fingerprint density at radius 1 is 1.43 bits per heavy atom. The zero-order chi connectivity index (χ0) is 20.7. The topological polar surface area (TPSA) is 133 Å². The second-order valence-corrected chi connectivity index (χ2v) is 9.55. The van der Waals surface area contributed by atoms with Crippen molar-refractivity contribution in [3.8, 4) is 0 Å². The molecule has 1 aliphatic heterocycles. The normalized spacial score (nSPS) is 17.8. The number of nitro groups is 1. The Hall–Kier alpha value is -2.69. The van der Waals surface area contributed by atoms with Gasteiger partial charge in [0.1, 0.15) is 11.1 Å². The van der Waals surface area contributed by atoms with Crippen molar-refractivity contribution in [3.63, 3.8) is 0 Å². The summed E-state index contributed by atoms with van der Waals surface area (Å²) in [7, 11) is -3.95. The second-order valence-electron chi connectivity index (χ2n) is 7.64. The highest BCUT2D eigenvalue weighted by Crippen LogP contribution is 2.27. The molecule has 1 amide bonds. The van der Waals surface area contributed by atoms with Gasteiger partial charge in [-0.3, -0.25) is 10.1 Å². The highest BCUT2D eigenvalue weighted by molar-refractivity contribution is 7.91. The van der Waals surface area contributed by atoms with E-state index in [2.05, 4.69) is 4.98 Å². The number of fused-ring (bicyclic) bond motifs is 1. The van der Waals surface area contributed by atoms with Crippen LogP contribution in [0.5, 0.6) is 0 Å². The van der Waals surface area contributed by atoms with Gasteiger partial charge in [-0.15, -0.1) is 0 Å². The van der Waals surface area contributed by atoms with Gasteiger partial charge in [-0.2, -0.15) is 4.98 Å². The van der Waals surface area contributed by atoms with Gasteiger partial charge in [-0.25, -0.2) is 13.2 Å². The van der Waals surface area contributed by atoms with Gasteiger partial charge in [0.25, 0.3) is 5.69 Å². The van der Waals surface area contributed by atoms with E-state index in [1.165, 1.54) is 17.0 Å². The first kappa shape index (κ1) is 20.1. The van der Waals surface area contributed by atoms with Crippen molar-refractivity contribution in [2.24, 2.45) is 0 Å². The number of rotatable bonds is 4. The smallest absolute Gasteiger partial charge is 0.410 e. The van der Waals surface area contributed by atoms with E-state index in [0.29, 0.717) is 19.4 Å². The second kappa shape index (κ2) is 7.04. The minimum atomic E-state index is -3.95. The van der Waals surface area contributed by atoms with Gasteiger partial charge in [0.2, 0.25) is 9.84 Å². The Kier molecular flexibility index (Phi) is 5.04. The van der Waals surface area contributed by atoms with Crippen molar-refractivity contribution in [1.29, 1.82) is 0 Å². The van der Waals surface area contributed by atoms with Gasteiger partial charge < -0.3 is 14.1 Å². The minimum Gasteiger partial charge on any atom is -0.444 e. The van der Waals surface area contributed by atoms with E-state index < -0.39 is 37.7 Å². The lowest BCUT2D eigenvalue weighted by atomic mass is 10.2. The average molecular weight is 411 g/mol. The molecular weight excluding hydrogens is 390 g/mol. The van der Waals surface area contributed by atoms with Gasteiger partial charge in [0.15, 0.2) is 5.58 Å². The van der Waals surface area contributed by atoms with Crippen LogP contribution in [0.3, 0.4) is 0 Å². The lowest BCUT2D eigenvalue weighted by Gasteiger charge is -2.28. The van der Waals surface area contributed by atoms with E-state index in [9.17, 15) is 23.3 Å². The van der Waals surface area contributed by atoms with Crippen LogP contribution in [0, 0.1) is 10.1 Å². The van der Waals surface area contributed by atoms with Gasteiger partial charge in [0.05, 0.1) is 10.7 Å². The molecule has 11 heteroatoms. The third-order valence-corrected chi connectivity index (χ3v) is 5.78. The lowest BCUT2D eigenvalue weighted by Crippen LogP contribution is -2.42. The summed E-state index contributed by atoms with van der Waals surface area (Å²) in [6, 6.07) is 3.12. The van der Waals surface area contributed by atoms with Gasteiger partial charge in [-0.05, 0) is 39.7 Å². The molecule has 0 aliphatic carbocycles. The number of hydrogen-bond acceptors (Lipinski definition) is 8. The number of sulfone groups is 1. The number of oxazole rings is 1. The highest BCUT2D eigenvalue weighted by Gasteiger charge is 2.37. The maximum atomic E-state index is 12.8. The quantitative estimate of drug-likeness (QED) is 0.554. The summed E-state index contributed by atoms with van der Waals surface area (Å²) in [5.41, 5.74) is -0.669. The van der Waals surface area contributed by atoms with E-state index in [0.717, 1.165) is 6.07 Å². The highest BCUT2D eigenvalue weighted by atomic mass is 32.2. The fourth-order valence-electron chi connectivity index (χ4n) is 3.04. The molecule has 0 unspecified atom stereocenters. The Morgan fingerprint density at radius 2 is 2.14 bits per heavy atom. The monoisotopic (exact) mass is 411 g/mol. The van der Waals surface area contributed by atoms with Crippen LogP contribution >= 0.6 is 0 Å². The van der Waals surface area contributed by atoms with Crippen LogP contribution in [0.15, 0.2) is 27.8 Å². The molecule has 2 aromatic rings. The Bertz CT molecular complexity index is 1020. The predicted octanol–water partition coefficient (Wildman–Crippen LogP) is 2.91. The SMILES string of the molecule is CC(C)(C)OC(=O)N1CCC[C@@H]1CS(=O)(=O)c1nc2cc([N+](=O)[O-])ccc2o1. The van der Waals surface area contributed by atoms with Crippen LogP contribution < -0.4 is 0 Å². The molecule has 1 aromatic heterocycles. The Labute approximate surface area is 161 Å². The Morgan fingerprint density at radius 3 is 2.79 bits per heavy atom. The number of ether oxygens (including phenoxy) is 1. The van der Waals surface area contributed by atoms with E-state index in [4.69, 9.17) is 9.15 Å². The van der Waals surface area contributed by atoms with Gasteiger partial charge in [-0.1, -0.05) is 0 Å². The number of aromatic nitrogens is 1. The molecular formula is C17H21N3O7S. The van der Waals surface area contributed by atoms with E-state index in [1.807, 2.05) is 0 Å². The molecule has 152 valence electrons. The largest absolute Gasteiger partial charge is 0.444 e. The van der Waals surface area contributed by atoms with Crippen molar-refractivity contribution >= 4 is 32.7 Å². The van der Waals surface area contributed by atoms with Gasteiger partial charge >= 0.3 is 11.3 Å². The first-order chi connectivity index (χ1) is 13.0. The molecule has 0 bridgehead atoms. The molecule has 0 radical (unpaired) electrons. The molecule has 28 heavy (non-hydrogen) atoms. The predicted molar refractivity (Wildman–Crippen MR) is 98.7 cm³/mol. The number of nitro benzene ring substituents is 1. The number of likely N-dealkylation sites (tertiary alicyclic amines) is 1. The third-order valence-electron chi connectivity index (χ3n) is 4.25. The maximum Gasteiger partial charge on any atom is 0.410 e. The molecule has 2 heterocycles. The summed E-state index contributed by atoms with van der Waals surface area (Å²) < 4.78 is 36.2. The van der Waals surface area contributed by atoms with Crippen molar-refractivity contribution in [2.75, 3.05) is 12.3 Å². The molecule has 1 aliphatic rings. The van der Waals surface area contributed by atoms with Crippen molar-refractivity contribution < 1.29 is 27.3 Å². The van der Waals surface area contributed by atoms with E-state index in [-0.39, 0.29) is 22.5 Å². The molecule has 3 rings (SSSR count). The summed E-state index contributed by atoms with van der Waals surface area (Å²) >= 11 is 0. The molecule has 1 atom stereocenters. The number of non-ortho nitro benzene ring substituents is 1. The molecule has 0 saturated carbocycles. The van der Waals surface area contributed by atoms with Crippen LogP contribution in [0.25, 0.3) is 11.1 Å². The van der Waals surface area contributed by atoms with Crippen molar-refractivity contribution in [2.45, 2.75) is 50.5 Å². The summed E-state index contributed by atoms with van der Waals surface area (Å²) in [6.07, 6.45) is 0.627. The number of carbonyl (C=O) groups is 1. The molecule has 1 saturated heterocycles. The van der Waals surface area contributed by atoms with Crippen molar-refractivity contribution in [1.82, 2.24) is 9.88 Å². The first-order valence-electron chi connectivity index (χ1n) is 8.74.